The highest BCUT2D eigenvalue weighted by Gasteiger charge is 2.36. The molecular formula is C8H15NO2S. The standard InChI is InChI=1S/C8H15NO2S/c1-6-8(9,5-7(10)11)3-2-4-12-6/h6H,2-5,9H2,1H3,(H,10,11). The molecule has 1 fully saturated rings. The lowest BCUT2D eigenvalue weighted by Crippen LogP contribution is -2.51. The van der Waals surface area contributed by atoms with Crippen LogP contribution in [0.2, 0.25) is 0 Å². The summed E-state index contributed by atoms with van der Waals surface area (Å²) in [5, 5.41) is 8.93. The van der Waals surface area contributed by atoms with E-state index in [9.17, 15) is 4.79 Å². The number of thioether (sulfide) groups is 1. The van der Waals surface area contributed by atoms with Crippen LogP contribution in [0.5, 0.6) is 0 Å². The maximum absolute atomic E-state index is 10.5. The van der Waals surface area contributed by atoms with Gasteiger partial charge < -0.3 is 10.8 Å². The van der Waals surface area contributed by atoms with Crippen LogP contribution in [0.1, 0.15) is 26.2 Å². The lowest BCUT2D eigenvalue weighted by Gasteiger charge is -2.37. The molecule has 2 atom stereocenters. The van der Waals surface area contributed by atoms with Crippen molar-refractivity contribution < 1.29 is 9.90 Å². The highest BCUT2D eigenvalue weighted by Crippen LogP contribution is 2.34. The molecule has 1 aliphatic heterocycles. The predicted octanol–water partition coefficient (Wildman–Crippen LogP) is 1.07. The third kappa shape index (κ3) is 2.14. The fourth-order valence-electron chi connectivity index (χ4n) is 1.54. The van der Waals surface area contributed by atoms with Crippen LogP contribution in [0.15, 0.2) is 0 Å². The first-order chi connectivity index (χ1) is 5.54. The lowest BCUT2D eigenvalue weighted by molar-refractivity contribution is -0.138. The van der Waals surface area contributed by atoms with Gasteiger partial charge in [0.1, 0.15) is 0 Å². The Labute approximate surface area is 76.7 Å². The van der Waals surface area contributed by atoms with Crippen LogP contribution in [0.4, 0.5) is 0 Å². The van der Waals surface area contributed by atoms with Crippen molar-refractivity contribution in [3.63, 3.8) is 0 Å². The highest BCUT2D eigenvalue weighted by molar-refractivity contribution is 8.00. The first kappa shape index (κ1) is 9.86. The molecule has 4 heteroatoms. The lowest BCUT2D eigenvalue weighted by atomic mass is 9.87. The Kier molecular flexibility index (Phi) is 3.01. The monoisotopic (exact) mass is 189 g/mol. The maximum atomic E-state index is 10.5. The van der Waals surface area contributed by atoms with E-state index in [-0.39, 0.29) is 11.7 Å². The number of carboxylic acids is 1. The number of hydrogen-bond donors (Lipinski definition) is 2. The van der Waals surface area contributed by atoms with E-state index in [4.69, 9.17) is 10.8 Å². The van der Waals surface area contributed by atoms with E-state index in [1.165, 1.54) is 0 Å². The molecule has 3 nitrogen and oxygen atoms in total. The summed E-state index contributed by atoms with van der Waals surface area (Å²) < 4.78 is 0. The zero-order valence-corrected chi connectivity index (χ0v) is 8.06. The quantitative estimate of drug-likeness (QED) is 0.682. The van der Waals surface area contributed by atoms with Crippen LogP contribution in [0, 0.1) is 0 Å². The van der Waals surface area contributed by atoms with Gasteiger partial charge in [-0.1, -0.05) is 6.92 Å². The van der Waals surface area contributed by atoms with E-state index in [2.05, 4.69) is 0 Å². The normalized spacial score (nSPS) is 36.3. The summed E-state index contributed by atoms with van der Waals surface area (Å²) in [5.74, 6) is 0.326. The molecule has 1 heterocycles. The molecule has 1 saturated heterocycles. The van der Waals surface area contributed by atoms with Crippen molar-refractivity contribution in [1.82, 2.24) is 0 Å². The van der Waals surface area contributed by atoms with Gasteiger partial charge in [-0.25, -0.2) is 0 Å². The molecule has 0 aliphatic carbocycles. The van der Waals surface area contributed by atoms with Gasteiger partial charge in [0.05, 0.1) is 6.42 Å². The minimum Gasteiger partial charge on any atom is -0.481 e. The van der Waals surface area contributed by atoms with Crippen molar-refractivity contribution >= 4 is 17.7 Å². The van der Waals surface area contributed by atoms with Gasteiger partial charge in [0.25, 0.3) is 0 Å². The topological polar surface area (TPSA) is 63.3 Å². The van der Waals surface area contributed by atoms with Gasteiger partial charge in [-0.15, -0.1) is 0 Å². The largest absolute Gasteiger partial charge is 0.481 e. The van der Waals surface area contributed by atoms with Gasteiger partial charge in [-0.3, -0.25) is 4.79 Å². The summed E-state index contributed by atoms with van der Waals surface area (Å²) in [5.41, 5.74) is 5.52. The van der Waals surface area contributed by atoms with Crippen LogP contribution < -0.4 is 5.73 Å². The first-order valence-electron chi connectivity index (χ1n) is 4.17. The number of hydrogen-bond acceptors (Lipinski definition) is 3. The molecule has 0 aromatic rings. The fourth-order valence-corrected chi connectivity index (χ4v) is 2.74. The number of carboxylic acid groups (broad SMARTS) is 1. The van der Waals surface area contributed by atoms with E-state index < -0.39 is 11.5 Å². The van der Waals surface area contributed by atoms with Crippen LogP contribution >= 0.6 is 11.8 Å². The van der Waals surface area contributed by atoms with Gasteiger partial charge in [-0.05, 0) is 18.6 Å². The summed E-state index contributed by atoms with van der Waals surface area (Å²) in [7, 11) is 0. The van der Waals surface area contributed by atoms with Crippen LogP contribution in [-0.2, 0) is 4.79 Å². The first-order valence-corrected chi connectivity index (χ1v) is 5.22. The van der Waals surface area contributed by atoms with Crippen molar-refractivity contribution in [1.29, 1.82) is 0 Å². The Balaban J connectivity index is 2.59. The molecule has 70 valence electrons. The molecule has 0 saturated carbocycles. The zero-order valence-electron chi connectivity index (χ0n) is 7.25. The molecule has 0 radical (unpaired) electrons. The fraction of sp³-hybridized carbons (Fsp3) is 0.875. The molecule has 2 unspecified atom stereocenters. The molecular weight excluding hydrogens is 174 g/mol. The summed E-state index contributed by atoms with van der Waals surface area (Å²) >= 11 is 1.78. The number of rotatable bonds is 2. The molecule has 3 N–H and O–H groups in total. The molecule has 0 aromatic carbocycles. The predicted molar refractivity (Wildman–Crippen MR) is 50.3 cm³/mol. The smallest absolute Gasteiger partial charge is 0.305 e. The van der Waals surface area contributed by atoms with E-state index in [1.807, 2.05) is 6.92 Å². The summed E-state index contributed by atoms with van der Waals surface area (Å²) in [4.78, 5) is 10.5. The van der Waals surface area contributed by atoms with E-state index in [0.717, 1.165) is 18.6 Å². The van der Waals surface area contributed by atoms with Gasteiger partial charge in [0, 0.05) is 10.8 Å². The average Bonchev–Trinajstić information content (AvgIpc) is 1.94. The third-order valence-corrected chi connectivity index (χ3v) is 3.94. The van der Waals surface area contributed by atoms with Gasteiger partial charge >= 0.3 is 5.97 Å². The van der Waals surface area contributed by atoms with Crippen LogP contribution in [0.3, 0.4) is 0 Å². The molecule has 1 rings (SSSR count). The Morgan fingerprint density at radius 1 is 1.83 bits per heavy atom. The van der Waals surface area contributed by atoms with Crippen LogP contribution in [0.25, 0.3) is 0 Å². The van der Waals surface area contributed by atoms with E-state index >= 15 is 0 Å². The van der Waals surface area contributed by atoms with E-state index in [0.29, 0.717) is 0 Å². The van der Waals surface area contributed by atoms with Crippen molar-refractivity contribution in [2.24, 2.45) is 5.73 Å². The Morgan fingerprint density at radius 2 is 2.50 bits per heavy atom. The van der Waals surface area contributed by atoms with Crippen molar-refractivity contribution in [2.45, 2.75) is 37.0 Å². The van der Waals surface area contributed by atoms with Gasteiger partial charge in [0.2, 0.25) is 0 Å². The Morgan fingerprint density at radius 3 is 3.00 bits per heavy atom. The van der Waals surface area contributed by atoms with Crippen molar-refractivity contribution in [2.75, 3.05) is 5.75 Å². The minimum absolute atomic E-state index is 0.0984. The van der Waals surface area contributed by atoms with Gasteiger partial charge in [-0.2, -0.15) is 11.8 Å². The second-order valence-corrected chi connectivity index (χ2v) is 4.87. The maximum Gasteiger partial charge on any atom is 0.305 e. The molecule has 0 amide bonds. The molecule has 0 spiro atoms. The number of nitrogens with two attached hydrogens (primary N) is 1. The summed E-state index contributed by atoms with van der Waals surface area (Å²) in [6.07, 6.45) is 1.98. The second-order valence-electron chi connectivity index (χ2n) is 3.42. The van der Waals surface area contributed by atoms with Crippen LogP contribution in [-0.4, -0.2) is 27.6 Å². The van der Waals surface area contributed by atoms with E-state index in [1.54, 1.807) is 11.8 Å². The van der Waals surface area contributed by atoms with Crippen molar-refractivity contribution in [3.05, 3.63) is 0 Å². The zero-order chi connectivity index (χ0) is 9.19. The summed E-state index contributed by atoms with van der Waals surface area (Å²) in [6.45, 7) is 2.02. The number of carbonyl (C=O) groups is 1. The second kappa shape index (κ2) is 3.66. The van der Waals surface area contributed by atoms with Crippen molar-refractivity contribution in [3.8, 4) is 0 Å². The highest BCUT2D eigenvalue weighted by atomic mass is 32.2. The third-order valence-electron chi connectivity index (χ3n) is 2.44. The average molecular weight is 189 g/mol. The SMILES string of the molecule is CC1SCCCC1(N)CC(=O)O. The molecule has 1 aliphatic rings. The Hall–Kier alpha value is -0.220. The number of aliphatic carboxylic acids is 1. The summed E-state index contributed by atoms with van der Waals surface area (Å²) in [6, 6.07) is 0. The Bertz CT molecular complexity index is 186. The molecule has 0 aromatic heterocycles. The minimum atomic E-state index is -0.785. The van der Waals surface area contributed by atoms with Gasteiger partial charge in [0.15, 0.2) is 0 Å². The molecule has 0 bridgehead atoms. The molecule has 12 heavy (non-hydrogen) atoms.